The minimum atomic E-state index is -0.651. The van der Waals surface area contributed by atoms with E-state index in [1.165, 1.54) is 0 Å². The van der Waals surface area contributed by atoms with Crippen LogP contribution in [0, 0.1) is 6.92 Å². The lowest BCUT2D eigenvalue weighted by atomic mass is 10.0. The van der Waals surface area contributed by atoms with Crippen molar-refractivity contribution in [2.75, 3.05) is 44.6 Å². The molecular formula is C28H34N8O3. The number of benzene rings is 2. The lowest BCUT2D eigenvalue weighted by Gasteiger charge is -2.42. The highest BCUT2D eigenvalue weighted by Gasteiger charge is 2.33. The summed E-state index contributed by atoms with van der Waals surface area (Å²) in [5.41, 5.74) is 4.92. The van der Waals surface area contributed by atoms with E-state index in [2.05, 4.69) is 26.9 Å². The van der Waals surface area contributed by atoms with Gasteiger partial charge < -0.3 is 20.4 Å². The molecule has 4 heterocycles. The number of rotatable bonds is 5. The molecule has 6 rings (SSSR count). The van der Waals surface area contributed by atoms with Crippen LogP contribution >= 0.6 is 0 Å². The van der Waals surface area contributed by atoms with Crippen LogP contribution in [0.1, 0.15) is 29.5 Å². The molecule has 2 saturated heterocycles. The highest BCUT2D eigenvalue weighted by atomic mass is 16.2. The fourth-order valence-corrected chi connectivity index (χ4v) is 5.83. The third kappa shape index (κ3) is 5.14. The van der Waals surface area contributed by atoms with Gasteiger partial charge in [-0.15, -0.1) is 0 Å². The largest absolute Gasteiger partial charge is 0.341 e. The number of carbonyl (C=O) groups is 3. The van der Waals surface area contributed by atoms with Crippen LogP contribution < -0.4 is 10.6 Å². The molecule has 1 atom stereocenters. The Hall–Kier alpha value is -4.12. The first-order valence-electron chi connectivity index (χ1n) is 13.6. The molecule has 11 nitrogen and oxygen atoms in total. The molecule has 0 spiro atoms. The van der Waals surface area contributed by atoms with Crippen molar-refractivity contribution in [1.29, 1.82) is 0 Å². The number of urea groups is 2. The fourth-order valence-electron chi connectivity index (χ4n) is 5.83. The van der Waals surface area contributed by atoms with Crippen LogP contribution in [0.5, 0.6) is 0 Å². The number of hydrogen-bond acceptors (Lipinski definition) is 5. The Labute approximate surface area is 227 Å². The van der Waals surface area contributed by atoms with Crippen LogP contribution in [0.4, 0.5) is 15.3 Å². The summed E-state index contributed by atoms with van der Waals surface area (Å²) in [4.78, 5) is 43.2. The van der Waals surface area contributed by atoms with Gasteiger partial charge in [-0.05, 0) is 48.6 Å². The molecule has 0 aliphatic carbocycles. The summed E-state index contributed by atoms with van der Waals surface area (Å²) >= 11 is 0. The topological polar surface area (TPSA) is 117 Å². The molecule has 0 saturated carbocycles. The molecule has 0 radical (unpaired) electrons. The number of piperazine rings is 1. The molecular weight excluding hydrogens is 496 g/mol. The van der Waals surface area contributed by atoms with Gasteiger partial charge in [0.15, 0.2) is 0 Å². The van der Waals surface area contributed by atoms with Crippen molar-refractivity contribution in [3.8, 4) is 0 Å². The zero-order chi connectivity index (χ0) is 26.9. The number of aromatic nitrogens is 2. The number of nitrogens with zero attached hydrogens (tertiary/aromatic N) is 5. The van der Waals surface area contributed by atoms with E-state index in [-0.39, 0.29) is 18.0 Å². The first-order chi connectivity index (χ1) is 19.0. The van der Waals surface area contributed by atoms with Crippen molar-refractivity contribution in [2.24, 2.45) is 0 Å². The number of likely N-dealkylation sites (tertiary alicyclic amines) is 1. The molecule has 1 unspecified atom stereocenters. The summed E-state index contributed by atoms with van der Waals surface area (Å²) in [5, 5.41) is 17.8. The first kappa shape index (κ1) is 25.2. The van der Waals surface area contributed by atoms with Gasteiger partial charge in [0.05, 0.1) is 18.3 Å². The summed E-state index contributed by atoms with van der Waals surface area (Å²) in [6.45, 7) is 5.95. The number of aryl methyl sites for hydroxylation is 1. The summed E-state index contributed by atoms with van der Waals surface area (Å²) in [5.74, 6) is -0.0342. The zero-order valence-corrected chi connectivity index (χ0v) is 22.2. The molecule has 3 aliphatic heterocycles. The number of amides is 5. The SMILES string of the molecule is Cc1cc(CC(NC(=O)N2CCN(N3Cc4ccccc4NC3=O)CC2)C(=O)N2CCCC2)cc2cn[nH]c12. The van der Waals surface area contributed by atoms with Crippen molar-refractivity contribution in [3.05, 3.63) is 59.3 Å². The Morgan fingerprint density at radius 1 is 1.03 bits per heavy atom. The van der Waals surface area contributed by atoms with E-state index in [1.807, 2.05) is 47.2 Å². The standard InChI is InChI=1S/C28H34N8O3/c1-19-14-20(15-22-17-29-32-25(19)22)16-24(26(37)33-8-4-5-9-33)31-27(38)34-10-12-35(13-11-34)36-18-21-6-2-3-7-23(21)30-28(36)39/h2-3,6-7,14-15,17,24H,4-5,8-13,16,18H2,1H3,(H,29,32)(H,30,39)(H,31,38). The highest BCUT2D eigenvalue weighted by Crippen LogP contribution is 2.25. The Balaban J connectivity index is 1.11. The van der Waals surface area contributed by atoms with Crippen molar-refractivity contribution < 1.29 is 14.4 Å². The first-order valence-corrected chi connectivity index (χ1v) is 13.6. The summed E-state index contributed by atoms with van der Waals surface area (Å²) in [6, 6.07) is 10.8. The third-order valence-electron chi connectivity index (χ3n) is 7.96. The van der Waals surface area contributed by atoms with Gasteiger partial charge in [0, 0.05) is 56.8 Å². The number of nitrogens with one attached hydrogen (secondary N) is 3. The Bertz CT molecular complexity index is 1390. The van der Waals surface area contributed by atoms with Gasteiger partial charge >= 0.3 is 12.1 Å². The second kappa shape index (κ2) is 10.6. The number of hydrazine groups is 1. The van der Waals surface area contributed by atoms with Crippen molar-refractivity contribution in [3.63, 3.8) is 0 Å². The van der Waals surface area contributed by atoms with E-state index < -0.39 is 6.04 Å². The summed E-state index contributed by atoms with van der Waals surface area (Å²) in [6.07, 6.45) is 4.17. The number of H-pyrrole nitrogens is 1. The lowest BCUT2D eigenvalue weighted by Crippen LogP contribution is -2.60. The maximum absolute atomic E-state index is 13.5. The molecule has 2 aromatic carbocycles. The average Bonchev–Trinajstić information content (AvgIpc) is 3.65. The van der Waals surface area contributed by atoms with Gasteiger partial charge in [0.2, 0.25) is 5.91 Å². The predicted molar refractivity (Wildman–Crippen MR) is 147 cm³/mol. The molecule has 1 aromatic heterocycles. The molecule has 0 bridgehead atoms. The summed E-state index contributed by atoms with van der Waals surface area (Å²) in [7, 11) is 0. The summed E-state index contributed by atoms with van der Waals surface area (Å²) < 4.78 is 0. The van der Waals surface area contributed by atoms with Gasteiger partial charge in [-0.2, -0.15) is 5.10 Å². The minimum absolute atomic E-state index is 0.0342. The van der Waals surface area contributed by atoms with Crippen molar-refractivity contribution in [2.45, 2.75) is 38.8 Å². The van der Waals surface area contributed by atoms with Gasteiger partial charge in [-0.3, -0.25) is 14.9 Å². The predicted octanol–water partition coefficient (Wildman–Crippen LogP) is 2.69. The number of fused-ring (bicyclic) bond motifs is 2. The van der Waals surface area contributed by atoms with Crippen LogP contribution in [0.15, 0.2) is 42.6 Å². The molecule has 5 amide bonds. The molecule has 39 heavy (non-hydrogen) atoms. The van der Waals surface area contributed by atoms with E-state index in [0.717, 1.165) is 59.2 Å². The molecule has 204 valence electrons. The molecule has 2 fully saturated rings. The number of hydrogen-bond donors (Lipinski definition) is 3. The lowest BCUT2D eigenvalue weighted by molar-refractivity contribution is -0.132. The normalized spacial score (nSPS) is 18.7. The monoisotopic (exact) mass is 530 g/mol. The Kier molecular flexibility index (Phi) is 6.82. The van der Waals surface area contributed by atoms with Crippen molar-refractivity contribution >= 4 is 34.6 Å². The zero-order valence-electron chi connectivity index (χ0n) is 22.2. The molecule has 3 aliphatic rings. The molecule has 11 heteroatoms. The van der Waals surface area contributed by atoms with E-state index in [9.17, 15) is 14.4 Å². The number of anilines is 1. The highest BCUT2D eigenvalue weighted by molar-refractivity contribution is 5.92. The third-order valence-corrected chi connectivity index (χ3v) is 7.96. The number of carbonyl (C=O) groups excluding carboxylic acids is 3. The second-order valence-corrected chi connectivity index (χ2v) is 10.6. The van der Waals surface area contributed by atoms with E-state index in [4.69, 9.17) is 0 Å². The van der Waals surface area contributed by atoms with Crippen LogP contribution in [0.25, 0.3) is 10.9 Å². The van der Waals surface area contributed by atoms with Gasteiger partial charge in [0.1, 0.15) is 6.04 Å². The van der Waals surface area contributed by atoms with Gasteiger partial charge in [0.25, 0.3) is 0 Å². The van der Waals surface area contributed by atoms with Crippen LogP contribution in [0.2, 0.25) is 0 Å². The number of para-hydroxylation sites is 1. The molecule has 3 N–H and O–H groups in total. The van der Waals surface area contributed by atoms with E-state index in [0.29, 0.717) is 39.1 Å². The van der Waals surface area contributed by atoms with Crippen LogP contribution in [0.3, 0.4) is 0 Å². The maximum atomic E-state index is 13.5. The van der Waals surface area contributed by atoms with E-state index in [1.54, 1.807) is 16.1 Å². The van der Waals surface area contributed by atoms with Crippen LogP contribution in [-0.4, -0.2) is 93.3 Å². The van der Waals surface area contributed by atoms with Crippen molar-refractivity contribution in [1.82, 2.24) is 35.3 Å². The smallest absolute Gasteiger partial charge is 0.336 e. The van der Waals surface area contributed by atoms with Crippen LogP contribution in [-0.2, 0) is 17.8 Å². The Morgan fingerprint density at radius 2 is 1.79 bits per heavy atom. The second-order valence-electron chi connectivity index (χ2n) is 10.6. The molecule has 3 aromatic rings. The Morgan fingerprint density at radius 3 is 2.59 bits per heavy atom. The van der Waals surface area contributed by atoms with E-state index >= 15 is 0 Å². The van der Waals surface area contributed by atoms with Gasteiger partial charge in [-0.1, -0.05) is 24.3 Å². The number of aromatic amines is 1. The average molecular weight is 531 g/mol. The fraction of sp³-hybridized carbons (Fsp3) is 0.429. The van der Waals surface area contributed by atoms with Gasteiger partial charge in [-0.25, -0.2) is 14.6 Å². The maximum Gasteiger partial charge on any atom is 0.336 e. The minimum Gasteiger partial charge on any atom is -0.341 e. The quantitative estimate of drug-likeness (QED) is 0.469.